The van der Waals surface area contributed by atoms with Gasteiger partial charge < -0.3 is 11.1 Å². The van der Waals surface area contributed by atoms with Crippen molar-refractivity contribution >= 4 is 17.2 Å². The van der Waals surface area contributed by atoms with Crippen molar-refractivity contribution in [2.45, 2.75) is 39.3 Å². The summed E-state index contributed by atoms with van der Waals surface area (Å²) in [6.07, 6.45) is 0.825. The molecule has 4 nitrogen and oxygen atoms in total. The van der Waals surface area contributed by atoms with Gasteiger partial charge in [0, 0.05) is 11.1 Å². The third kappa shape index (κ3) is 3.28. The number of hydrogen-bond acceptors (Lipinski definition) is 4. The van der Waals surface area contributed by atoms with Gasteiger partial charge in [0.15, 0.2) is 0 Å². The van der Waals surface area contributed by atoms with Crippen LogP contribution in [0.25, 0.3) is 0 Å². The molecule has 3 N–H and O–H groups in total. The summed E-state index contributed by atoms with van der Waals surface area (Å²) in [5.74, 6) is -0.130. The molecule has 0 spiro atoms. The van der Waals surface area contributed by atoms with E-state index in [0.29, 0.717) is 0 Å². The molecule has 0 aromatic carbocycles. The van der Waals surface area contributed by atoms with Gasteiger partial charge in [0.05, 0.1) is 12.1 Å². The lowest BCUT2D eigenvalue weighted by atomic mass is 10.2. The summed E-state index contributed by atoms with van der Waals surface area (Å²) in [4.78, 5) is 15.8. The second kappa shape index (κ2) is 5.23. The summed E-state index contributed by atoms with van der Waals surface area (Å²) < 4.78 is 0. The van der Waals surface area contributed by atoms with Crippen LogP contribution in [0.1, 0.15) is 37.0 Å². The normalized spacial score (nSPS) is 14.7. The Bertz CT molecular complexity index is 335. The SMILES string of the molecule is CCC(NC(=O)C(C)N)c1nc(C)cs1. The summed E-state index contributed by atoms with van der Waals surface area (Å²) in [6.45, 7) is 5.64. The number of aromatic nitrogens is 1. The average molecular weight is 227 g/mol. The van der Waals surface area contributed by atoms with Crippen molar-refractivity contribution in [3.05, 3.63) is 16.1 Å². The molecule has 0 bridgehead atoms. The molecule has 0 saturated carbocycles. The molecule has 1 aromatic rings. The van der Waals surface area contributed by atoms with Gasteiger partial charge in [-0.1, -0.05) is 6.92 Å². The minimum atomic E-state index is -0.472. The van der Waals surface area contributed by atoms with E-state index in [0.717, 1.165) is 17.1 Å². The van der Waals surface area contributed by atoms with Crippen molar-refractivity contribution in [1.82, 2.24) is 10.3 Å². The highest BCUT2D eigenvalue weighted by Crippen LogP contribution is 2.20. The Morgan fingerprint density at radius 1 is 1.73 bits per heavy atom. The van der Waals surface area contributed by atoms with E-state index < -0.39 is 6.04 Å². The Kier molecular flexibility index (Phi) is 4.23. The Morgan fingerprint density at radius 2 is 2.40 bits per heavy atom. The zero-order valence-corrected chi connectivity index (χ0v) is 10.1. The molecule has 1 aromatic heterocycles. The summed E-state index contributed by atoms with van der Waals surface area (Å²) in [7, 11) is 0. The number of hydrogen-bond donors (Lipinski definition) is 2. The highest BCUT2D eigenvalue weighted by molar-refractivity contribution is 7.09. The lowest BCUT2D eigenvalue weighted by Crippen LogP contribution is -2.40. The van der Waals surface area contributed by atoms with Crippen LogP contribution in [0.3, 0.4) is 0 Å². The first-order valence-corrected chi connectivity index (χ1v) is 5.90. The van der Waals surface area contributed by atoms with Crippen LogP contribution in [-0.2, 0) is 4.79 Å². The first-order chi connectivity index (χ1) is 7.04. The van der Waals surface area contributed by atoms with Crippen molar-refractivity contribution < 1.29 is 4.79 Å². The number of carbonyl (C=O) groups is 1. The molecule has 0 aliphatic rings. The van der Waals surface area contributed by atoms with E-state index in [2.05, 4.69) is 10.3 Å². The van der Waals surface area contributed by atoms with Gasteiger partial charge >= 0.3 is 0 Å². The average Bonchev–Trinajstić information content (AvgIpc) is 2.60. The molecule has 0 radical (unpaired) electrons. The van der Waals surface area contributed by atoms with Crippen molar-refractivity contribution in [1.29, 1.82) is 0 Å². The standard InChI is InChI=1S/C10H17N3OS/c1-4-8(13-9(14)7(3)11)10-12-6(2)5-15-10/h5,7-8H,4,11H2,1-3H3,(H,13,14). The summed E-state index contributed by atoms with van der Waals surface area (Å²) >= 11 is 1.57. The van der Waals surface area contributed by atoms with Crippen LogP contribution in [0.15, 0.2) is 5.38 Å². The maximum absolute atomic E-state index is 11.4. The maximum Gasteiger partial charge on any atom is 0.237 e. The van der Waals surface area contributed by atoms with E-state index in [9.17, 15) is 4.79 Å². The summed E-state index contributed by atoms with van der Waals surface area (Å²) in [5, 5.41) is 5.81. The second-order valence-electron chi connectivity index (χ2n) is 3.59. The topological polar surface area (TPSA) is 68.0 Å². The van der Waals surface area contributed by atoms with E-state index in [1.807, 2.05) is 19.2 Å². The molecule has 5 heteroatoms. The van der Waals surface area contributed by atoms with Gasteiger partial charge in [-0.25, -0.2) is 4.98 Å². The highest BCUT2D eigenvalue weighted by atomic mass is 32.1. The minimum Gasteiger partial charge on any atom is -0.346 e. The Morgan fingerprint density at radius 3 is 2.80 bits per heavy atom. The lowest BCUT2D eigenvalue weighted by molar-refractivity contribution is -0.122. The first-order valence-electron chi connectivity index (χ1n) is 5.02. The van der Waals surface area contributed by atoms with E-state index >= 15 is 0 Å². The van der Waals surface area contributed by atoms with Gasteiger partial charge in [-0.3, -0.25) is 4.79 Å². The largest absolute Gasteiger partial charge is 0.346 e. The number of nitrogens with one attached hydrogen (secondary N) is 1. The molecule has 2 atom stereocenters. The molecule has 0 saturated heterocycles. The van der Waals surface area contributed by atoms with Gasteiger partial charge in [-0.2, -0.15) is 0 Å². The first kappa shape index (κ1) is 12.1. The van der Waals surface area contributed by atoms with Gasteiger partial charge in [0.25, 0.3) is 0 Å². The Hall–Kier alpha value is -0.940. The lowest BCUT2D eigenvalue weighted by Gasteiger charge is -2.15. The number of thiazole rings is 1. The molecule has 0 aliphatic carbocycles. The fourth-order valence-corrected chi connectivity index (χ4v) is 2.10. The van der Waals surface area contributed by atoms with Crippen molar-refractivity contribution in [3.63, 3.8) is 0 Å². The highest BCUT2D eigenvalue weighted by Gasteiger charge is 2.17. The number of rotatable bonds is 4. The molecule has 2 unspecified atom stereocenters. The van der Waals surface area contributed by atoms with Crippen LogP contribution in [0.4, 0.5) is 0 Å². The predicted molar refractivity (Wildman–Crippen MR) is 61.7 cm³/mol. The number of nitrogens with zero attached hydrogens (tertiary/aromatic N) is 1. The zero-order chi connectivity index (χ0) is 11.4. The molecular weight excluding hydrogens is 210 g/mol. The van der Waals surface area contributed by atoms with Crippen LogP contribution in [0.2, 0.25) is 0 Å². The third-order valence-corrected chi connectivity index (χ3v) is 3.15. The van der Waals surface area contributed by atoms with Crippen LogP contribution >= 0.6 is 11.3 Å². The van der Waals surface area contributed by atoms with Gasteiger partial charge in [0.1, 0.15) is 5.01 Å². The Balaban J connectivity index is 2.68. The maximum atomic E-state index is 11.4. The second-order valence-corrected chi connectivity index (χ2v) is 4.47. The van der Waals surface area contributed by atoms with E-state index in [1.54, 1.807) is 18.3 Å². The number of amides is 1. The summed E-state index contributed by atoms with van der Waals surface area (Å²) in [5.41, 5.74) is 6.48. The van der Waals surface area contributed by atoms with E-state index in [4.69, 9.17) is 5.73 Å². The molecule has 0 aliphatic heterocycles. The molecule has 1 amide bonds. The monoisotopic (exact) mass is 227 g/mol. The quantitative estimate of drug-likeness (QED) is 0.816. The molecule has 1 heterocycles. The van der Waals surface area contributed by atoms with Crippen LogP contribution in [0, 0.1) is 6.92 Å². The van der Waals surface area contributed by atoms with Gasteiger partial charge in [0.2, 0.25) is 5.91 Å². The zero-order valence-electron chi connectivity index (χ0n) is 9.28. The molecule has 0 fully saturated rings. The Labute approximate surface area is 93.9 Å². The van der Waals surface area contributed by atoms with Crippen LogP contribution < -0.4 is 11.1 Å². The van der Waals surface area contributed by atoms with Crippen LogP contribution in [-0.4, -0.2) is 16.9 Å². The van der Waals surface area contributed by atoms with E-state index in [1.165, 1.54) is 0 Å². The fraction of sp³-hybridized carbons (Fsp3) is 0.600. The fourth-order valence-electron chi connectivity index (χ4n) is 1.17. The van der Waals surface area contributed by atoms with Crippen molar-refractivity contribution in [2.24, 2.45) is 5.73 Å². The van der Waals surface area contributed by atoms with Gasteiger partial charge in [-0.05, 0) is 20.3 Å². The molecule has 15 heavy (non-hydrogen) atoms. The smallest absolute Gasteiger partial charge is 0.237 e. The third-order valence-electron chi connectivity index (χ3n) is 2.07. The summed E-state index contributed by atoms with van der Waals surface area (Å²) in [6, 6.07) is -0.484. The predicted octanol–water partition coefficient (Wildman–Crippen LogP) is 1.37. The molecule has 84 valence electrons. The van der Waals surface area contributed by atoms with Crippen LogP contribution in [0.5, 0.6) is 0 Å². The van der Waals surface area contributed by atoms with E-state index in [-0.39, 0.29) is 11.9 Å². The number of carbonyl (C=O) groups excluding carboxylic acids is 1. The number of nitrogens with two attached hydrogens (primary N) is 1. The molecular formula is C10H17N3OS. The van der Waals surface area contributed by atoms with Gasteiger partial charge in [-0.15, -0.1) is 11.3 Å². The van der Waals surface area contributed by atoms with Crippen molar-refractivity contribution in [2.75, 3.05) is 0 Å². The van der Waals surface area contributed by atoms with Crippen molar-refractivity contribution in [3.8, 4) is 0 Å². The number of aryl methyl sites for hydroxylation is 1. The minimum absolute atomic E-state index is 0.0119. The molecule has 1 rings (SSSR count).